The Morgan fingerprint density at radius 2 is 2.00 bits per heavy atom. The van der Waals surface area contributed by atoms with Crippen LogP contribution < -0.4 is 5.32 Å². The monoisotopic (exact) mass is 340 g/mol. The van der Waals surface area contributed by atoms with Crippen LogP contribution in [0.2, 0.25) is 0 Å². The van der Waals surface area contributed by atoms with Crippen LogP contribution in [0.15, 0.2) is 30.3 Å². The van der Waals surface area contributed by atoms with E-state index >= 15 is 0 Å². The second kappa shape index (κ2) is 7.83. The minimum atomic E-state index is 0.0263. The van der Waals surface area contributed by atoms with Gasteiger partial charge in [0.05, 0.1) is 11.7 Å². The number of nitrogens with zero attached hydrogens (tertiary/aromatic N) is 3. The van der Waals surface area contributed by atoms with Crippen LogP contribution in [0.4, 0.5) is 5.69 Å². The van der Waals surface area contributed by atoms with Crippen molar-refractivity contribution in [3.63, 3.8) is 0 Å². The minimum Gasteiger partial charge on any atom is -0.326 e. The number of hydrogen-bond donors (Lipinski definition) is 1. The molecule has 3 rings (SSSR count). The van der Waals surface area contributed by atoms with E-state index in [0.29, 0.717) is 6.42 Å². The molecule has 2 aromatic rings. The first kappa shape index (κ1) is 17.7. The summed E-state index contributed by atoms with van der Waals surface area (Å²) < 4.78 is 1.93. The summed E-state index contributed by atoms with van der Waals surface area (Å²) in [4.78, 5) is 14.9. The molecule has 1 fully saturated rings. The Morgan fingerprint density at radius 1 is 1.24 bits per heavy atom. The number of carbonyl (C=O) groups is 1. The number of nitrogens with one attached hydrogen (secondary N) is 1. The molecule has 5 nitrogen and oxygen atoms in total. The van der Waals surface area contributed by atoms with E-state index in [1.54, 1.807) is 0 Å². The van der Waals surface area contributed by atoms with Crippen LogP contribution in [0.25, 0.3) is 0 Å². The normalized spacial score (nSPS) is 16.1. The lowest BCUT2D eigenvalue weighted by Crippen LogP contribution is -2.20. The van der Waals surface area contributed by atoms with Gasteiger partial charge in [-0.2, -0.15) is 5.10 Å². The average molecular weight is 340 g/mol. The first-order valence-electron chi connectivity index (χ1n) is 9.15. The quantitative estimate of drug-likeness (QED) is 0.872. The van der Waals surface area contributed by atoms with Crippen LogP contribution in [0.5, 0.6) is 0 Å². The number of likely N-dealkylation sites (tertiary alicyclic amines) is 1. The van der Waals surface area contributed by atoms with Crippen molar-refractivity contribution in [2.24, 2.45) is 0 Å². The third-order valence-corrected chi connectivity index (χ3v) is 4.76. The van der Waals surface area contributed by atoms with Gasteiger partial charge in [-0.3, -0.25) is 14.4 Å². The van der Waals surface area contributed by atoms with Crippen LogP contribution in [0, 0.1) is 13.8 Å². The van der Waals surface area contributed by atoms with Crippen molar-refractivity contribution in [3.05, 3.63) is 47.3 Å². The number of aromatic nitrogens is 2. The summed E-state index contributed by atoms with van der Waals surface area (Å²) in [5, 5.41) is 7.51. The number of aryl methyl sites for hydroxylation is 2. The molecule has 1 atom stereocenters. The highest BCUT2D eigenvalue weighted by Gasteiger charge is 2.15. The van der Waals surface area contributed by atoms with E-state index in [4.69, 9.17) is 0 Å². The first-order chi connectivity index (χ1) is 12.0. The standard InChI is InChI=1S/C20H28N4O/c1-15-11-16(2)24(22-15)17(3)12-20(25)21-19-8-6-7-18(13-19)14-23-9-4-5-10-23/h6-8,11,13,17H,4-5,9-10,12,14H2,1-3H3,(H,21,25)/t17-/m1/s1. The van der Waals surface area contributed by atoms with Crippen molar-refractivity contribution in [2.45, 2.75) is 52.6 Å². The molecule has 0 bridgehead atoms. The highest BCUT2D eigenvalue weighted by Crippen LogP contribution is 2.18. The maximum Gasteiger partial charge on any atom is 0.226 e. The van der Waals surface area contributed by atoms with Gasteiger partial charge in [0.2, 0.25) is 5.91 Å². The zero-order valence-electron chi connectivity index (χ0n) is 15.5. The Hall–Kier alpha value is -2.14. The van der Waals surface area contributed by atoms with Crippen LogP contribution in [0.1, 0.15) is 49.2 Å². The van der Waals surface area contributed by atoms with E-state index < -0.39 is 0 Å². The fraction of sp³-hybridized carbons (Fsp3) is 0.500. The molecule has 0 unspecified atom stereocenters. The van der Waals surface area contributed by atoms with E-state index in [1.165, 1.54) is 31.5 Å². The SMILES string of the molecule is Cc1cc(C)n([C@H](C)CC(=O)Nc2cccc(CN3CCCC3)c2)n1. The summed E-state index contributed by atoms with van der Waals surface area (Å²) in [7, 11) is 0. The summed E-state index contributed by atoms with van der Waals surface area (Å²) in [6.07, 6.45) is 3.00. The van der Waals surface area contributed by atoms with Gasteiger partial charge in [0.25, 0.3) is 0 Å². The fourth-order valence-electron chi connectivity index (χ4n) is 3.61. The van der Waals surface area contributed by atoms with Crippen molar-refractivity contribution in [1.82, 2.24) is 14.7 Å². The lowest BCUT2D eigenvalue weighted by atomic mass is 10.1. The molecule has 134 valence electrons. The van der Waals surface area contributed by atoms with Gasteiger partial charge in [-0.1, -0.05) is 12.1 Å². The number of anilines is 1. The molecule has 0 aliphatic carbocycles. The molecular weight excluding hydrogens is 312 g/mol. The van der Waals surface area contributed by atoms with Crippen molar-refractivity contribution in [2.75, 3.05) is 18.4 Å². The number of amides is 1. The second-order valence-corrected chi connectivity index (χ2v) is 7.16. The number of benzene rings is 1. The largest absolute Gasteiger partial charge is 0.326 e. The Kier molecular flexibility index (Phi) is 5.53. The molecular formula is C20H28N4O. The van der Waals surface area contributed by atoms with Gasteiger partial charge in [0.1, 0.15) is 0 Å². The highest BCUT2D eigenvalue weighted by atomic mass is 16.1. The van der Waals surface area contributed by atoms with Gasteiger partial charge in [0, 0.05) is 24.3 Å². The predicted molar refractivity (Wildman–Crippen MR) is 101 cm³/mol. The summed E-state index contributed by atoms with van der Waals surface area (Å²) in [6.45, 7) is 9.35. The smallest absolute Gasteiger partial charge is 0.226 e. The zero-order valence-corrected chi connectivity index (χ0v) is 15.5. The Bertz CT molecular complexity index is 731. The van der Waals surface area contributed by atoms with Crippen molar-refractivity contribution in [1.29, 1.82) is 0 Å². The van der Waals surface area contributed by atoms with Gasteiger partial charge in [-0.25, -0.2) is 0 Å². The van der Waals surface area contributed by atoms with E-state index in [2.05, 4.69) is 27.4 Å². The molecule has 1 N–H and O–H groups in total. The summed E-state index contributed by atoms with van der Waals surface area (Å²) >= 11 is 0. The zero-order chi connectivity index (χ0) is 17.8. The topological polar surface area (TPSA) is 50.2 Å². The van der Waals surface area contributed by atoms with E-state index in [0.717, 1.165) is 23.6 Å². The Morgan fingerprint density at radius 3 is 2.68 bits per heavy atom. The molecule has 1 amide bonds. The fourth-order valence-corrected chi connectivity index (χ4v) is 3.61. The Labute approximate surface area is 150 Å². The molecule has 0 spiro atoms. The molecule has 1 aromatic heterocycles. The van der Waals surface area contributed by atoms with Crippen LogP contribution in [-0.2, 0) is 11.3 Å². The molecule has 1 saturated heterocycles. The molecule has 1 aromatic carbocycles. The maximum absolute atomic E-state index is 12.4. The lowest BCUT2D eigenvalue weighted by Gasteiger charge is -2.16. The van der Waals surface area contributed by atoms with Gasteiger partial charge in [-0.15, -0.1) is 0 Å². The van der Waals surface area contributed by atoms with Crippen LogP contribution in [0.3, 0.4) is 0 Å². The molecule has 0 saturated carbocycles. The predicted octanol–water partition coefficient (Wildman–Crippen LogP) is 3.69. The highest BCUT2D eigenvalue weighted by molar-refractivity contribution is 5.91. The van der Waals surface area contributed by atoms with Crippen molar-refractivity contribution < 1.29 is 4.79 Å². The summed E-state index contributed by atoms with van der Waals surface area (Å²) in [6, 6.07) is 10.3. The maximum atomic E-state index is 12.4. The molecule has 2 heterocycles. The van der Waals surface area contributed by atoms with Gasteiger partial charge in [-0.05, 0) is 70.5 Å². The third kappa shape index (κ3) is 4.69. The van der Waals surface area contributed by atoms with Crippen molar-refractivity contribution >= 4 is 11.6 Å². The minimum absolute atomic E-state index is 0.0263. The number of carbonyl (C=O) groups excluding carboxylic acids is 1. The van der Waals surface area contributed by atoms with Crippen LogP contribution >= 0.6 is 0 Å². The number of rotatable bonds is 6. The molecule has 25 heavy (non-hydrogen) atoms. The molecule has 1 aliphatic heterocycles. The lowest BCUT2D eigenvalue weighted by molar-refractivity contribution is -0.116. The van der Waals surface area contributed by atoms with Crippen molar-refractivity contribution in [3.8, 4) is 0 Å². The molecule has 0 radical (unpaired) electrons. The second-order valence-electron chi connectivity index (χ2n) is 7.16. The molecule has 1 aliphatic rings. The van der Waals surface area contributed by atoms with E-state index in [9.17, 15) is 4.79 Å². The number of hydrogen-bond acceptors (Lipinski definition) is 3. The third-order valence-electron chi connectivity index (χ3n) is 4.76. The van der Waals surface area contributed by atoms with Gasteiger partial charge in [0.15, 0.2) is 0 Å². The van der Waals surface area contributed by atoms with Gasteiger partial charge >= 0.3 is 0 Å². The van der Waals surface area contributed by atoms with E-state index in [-0.39, 0.29) is 11.9 Å². The van der Waals surface area contributed by atoms with Crippen LogP contribution in [-0.4, -0.2) is 33.7 Å². The Balaban J connectivity index is 1.57. The van der Waals surface area contributed by atoms with Gasteiger partial charge < -0.3 is 5.32 Å². The summed E-state index contributed by atoms with van der Waals surface area (Å²) in [5.74, 6) is 0.0263. The summed E-state index contributed by atoms with van der Waals surface area (Å²) in [5.41, 5.74) is 4.21. The average Bonchev–Trinajstić information content (AvgIpc) is 3.16. The first-order valence-corrected chi connectivity index (χ1v) is 9.15. The van der Waals surface area contributed by atoms with E-state index in [1.807, 2.05) is 43.7 Å². The molecule has 5 heteroatoms.